The van der Waals surface area contributed by atoms with Crippen LogP contribution in [-0.2, 0) is 9.53 Å². The van der Waals surface area contributed by atoms with Crippen LogP contribution in [0.4, 0.5) is 11.5 Å². The van der Waals surface area contributed by atoms with Crippen LogP contribution in [0.1, 0.15) is 36.7 Å². The van der Waals surface area contributed by atoms with Crippen LogP contribution >= 0.6 is 0 Å². The number of anilines is 2. The molecule has 3 heterocycles. The fourth-order valence-electron chi connectivity index (χ4n) is 3.14. The number of methoxy groups -OCH3 is 1. The number of nitrogens with zero attached hydrogens (tertiary/aromatic N) is 3. The molecular weight excluding hydrogens is 316 g/mol. The number of aromatic nitrogens is 2. The molecule has 0 aromatic carbocycles. The van der Waals surface area contributed by atoms with Gasteiger partial charge in [0.2, 0.25) is 5.91 Å². The predicted octanol–water partition coefficient (Wildman–Crippen LogP) is 3.23. The summed E-state index contributed by atoms with van der Waals surface area (Å²) >= 11 is 0. The average molecular weight is 340 g/mol. The van der Waals surface area contributed by atoms with Crippen molar-refractivity contribution in [2.24, 2.45) is 0 Å². The molecule has 1 N–H and O–H groups in total. The van der Waals surface area contributed by atoms with Crippen LogP contribution < -0.4 is 5.32 Å². The lowest BCUT2D eigenvalue weighted by Gasteiger charge is -2.24. The second-order valence-electron chi connectivity index (χ2n) is 6.25. The van der Waals surface area contributed by atoms with Crippen molar-refractivity contribution in [2.75, 3.05) is 25.6 Å². The Balaban J connectivity index is 1.68. The van der Waals surface area contributed by atoms with Gasteiger partial charge < -0.3 is 15.0 Å². The van der Waals surface area contributed by atoms with Crippen LogP contribution in [0.15, 0.2) is 36.5 Å². The Hall–Kier alpha value is -2.47. The lowest BCUT2D eigenvalue weighted by atomic mass is 10.1. The van der Waals surface area contributed by atoms with Gasteiger partial charge in [0, 0.05) is 19.3 Å². The number of amides is 1. The number of pyridine rings is 2. The Kier molecular flexibility index (Phi) is 5.60. The van der Waals surface area contributed by atoms with Crippen LogP contribution in [0, 0.1) is 6.92 Å². The van der Waals surface area contributed by atoms with E-state index < -0.39 is 0 Å². The first kappa shape index (κ1) is 17.4. The van der Waals surface area contributed by atoms with Crippen molar-refractivity contribution < 1.29 is 9.53 Å². The molecule has 25 heavy (non-hydrogen) atoms. The molecule has 0 aliphatic carbocycles. The Labute approximate surface area is 148 Å². The standard InChI is InChI=1S/C19H24N4O2/c1-14-5-3-7-18(21-14)22-15-8-9-16(20-13-15)17-6-4-11-23(17)19(24)10-12-25-2/h3,5,7-9,13,17H,4,6,10-12H2,1-2H3,(H,21,22). The molecule has 6 heteroatoms. The van der Waals surface area contributed by atoms with Crippen molar-refractivity contribution in [3.63, 3.8) is 0 Å². The van der Waals surface area contributed by atoms with E-state index in [2.05, 4.69) is 15.3 Å². The maximum Gasteiger partial charge on any atom is 0.225 e. The molecule has 0 bridgehead atoms. The highest BCUT2D eigenvalue weighted by atomic mass is 16.5. The molecule has 0 radical (unpaired) electrons. The van der Waals surface area contributed by atoms with Gasteiger partial charge in [0.25, 0.3) is 0 Å². The van der Waals surface area contributed by atoms with Gasteiger partial charge in [-0.15, -0.1) is 0 Å². The summed E-state index contributed by atoms with van der Waals surface area (Å²) < 4.78 is 5.02. The summed E-state index contributed by atoms with van der Waals surface area (Å²) in [6.07, 6.45) is 4.19. The van der Waals surface area contributed by atoms with E-state index in [0.29, 0.717) is 13.0 Å². The molecule has 2 aromatic heterocycles. The minimum Gasteiger partial charge on any atom is -0.384 e. The lowest BCUT2D eigenvalue weighted by Crippen LogP contribution is -2.31. The molecule has 0 saturated carbocycles. The van der Waals surface area contributed by atoms with Crippen molar-refractivity contribution >= 4 is 17.4 Å². The third kappa shape index (κ3) is 4.33. The highest BCUT2D eigenvalue weighted by molar-refractivity contribution is 5.77. The summed E-state index contributed by atoms with van der Waals surface area (Å²) in [6, 6.07) is 9.90. The summed E-state index contributed by atoms with van der Waals surface area (Å²) in [7, 11) is 1.62. The molecule has 1 aliphatic heterocycles. The molecule has 1 fully saturated rings. The first-order valence-electron chi connectivity index (χ1n) is 8.62. The smallest absolute Gasteiger partial charge is 0.225 e. The summed E-state index contributed by atoms with van der Waals surface area (Å²) in [5.74, 6) is 0.934. The van der Waals surface area contributed by atoms with Gasteiger partial charge in [0.1, 0.15) is 5.82 Å². The Morgan fingerprint density at radius 1 is 1.36 bits per heavy atom. The molecule has 0 spiro atoms. The zero-order valence-electron chi connectivity index (χ0n) is 14.7. The maximum absolute atomic E-state index is 12.3. The second kappa shape index (κ2) is 8.07. The molecule has 1 atom stereocenters. The third-order valence-electron chi connectivity index (χ3n) is 4.38. The molecular formula is C19H24N4O2. The molecule has 1 unspecified atom stereocenters. The highest BCUT2D eigenvalue weighted by Crippen LogP contribution is 2.31. The van der Waals surface area contributed by atoms with Crippen LogP contribution in [0.3, 0.4) is 0 Å². The van der Waals surface area contributed by atoms with E-state index in [0.717, 1.165) is 42.3 Å². The van der Waals surface area contributed by atoms with Gasteiger partial charge in [-0.25, -0.2) is 4.98 Å². The number of ether oxygens (including phenoxy) is 1. The molecule has 132 valence electrons. The Bertz CT molecular complexity index is 718. The van der Waals surface area contributed by atoms with Crippen LogP contribution in [0.2, 0.25) is 0 Å². The highest BCUT2D eigenvalue weighted by Gasteiger charge is 2.30. The predicted molar refractivity (Wildman–Crippen MR) is 96.7 cm³/mol. The second-order valence-corrected chi connectivity index (χ2v) is 6.25. The number of carbonyl (C=O) groups excluding carboxylic acids is 1. The van der Waals surface area contributed by atoms with E-state index in [1.165, 1.54) is 0 Å². The quantitative estimate of drug-likeness (QED) is 0.874. The van der Waals surface area contributed by atoms with Crippen LogP contribution in [0.5, 0.6) is 0 Å². The van der Waals surface area contributed by atoms with Gasteiger partial charge in [-0.1, -0.05) is 6.07 Å². The van der Waals surface area contributed by atoms with Crippen molar-refractivity contribution in [3.05, 3.63) is 47.9 Å². The normalized spacial score (nSPS) is 16.9. The van der Waals surface area contributed by atoms with Crippen molar-refractivity contribution in [3.8, 4) is 0 Å². The van der Waals surface area contributed by atoms with Crippen LogP contribution in [0.25, 0.3) is 0 Å². The van der Waals surface area contributed by atoms with Gasteiger partial charge in [0.05, 0.1) is 36.6 Å². The molecule has 1 aliphatic rings. The SMILES string of the molecule is COCCC(=O)N1CCCC1c1ccc(Nc2cccc(C)n2)cn1. The van der Waals surface area contributed by atoms with Crippen molar-refractivity contribution in [1.82, 2.24) is 14.9 Å². The van der Waals surface area contributed by atoms with Crippen molar-refractivity contribution in [1.29, 1.82) is 0 Å². The summed E-state index contributed by atoms with van der Waals surface area (Å²) in [5, 5.41) is 3.25. The van der Waals surface area contributed by atoms with Crippen molar-refractivity contribution in [2.45, 2.75) is 32.2 Å². The topological polar surface area (TPSA) is 67.3 Å². The van der Waals surface area contributed by atoms with Gasteiger partial charge in [0.15, 0.2) is 0 Å². The molecule has 1 amide bonds. The van der Waals surface area contributed by atoms with E-state index >= 15 is 0 Å². The lowest BCUT2D eigenvalue weighted by molar-refractivity contribution is -0.133. The largest absolute Gasteiger partial charge is 0.384 e. The molecule has 2 aromatic rings. The van der Waals surface area contributed by atoms with Gasteiger partial charge >= 0.3 is 0 Å². The number of nitrogens with one attached hydrogen (secondary N) is 1. The maximum atomic E-state index is 12.3. The number of likely N-dealkylation sites (tertiary alicyclic amines) is 1. The zero-order valence-corrected chi connectivity index (χ0v) is 14.7. The first-order valence-corrected chi connectivity index (χ1v) is 8.62. The van der Waals surface area contributed by atoms with Gasteiger partial charge in [-0.2, -0.15) is 0 Å². The third-order valence-corrected chi connectivity index (χ3v) is 4.38. The van der Waals surface area contributed by atoms with E-state index in [1.807, 2.05) is 42.2 Å². The first-order chi connectivity index (χ1) is 12.2. The van der Waals surface area contributed by atoms with E-state index in [1.54, 1.807) is 13.3 Å². The summed E-state index contributed by atoms with van der Waals surface area (Å²) in [4.78, 5) is 23.3. The van der Waals surface area contributed by atoms with E-state index in [4.69, 9.17) is 4.74 Å². The minimum absolute atomic E-state index is 0.0653. The fraction of sp³-hybridized carbons (Fsp3) is 0.421. The van der Waals surface area contributed by atoms with E-state index in [-0.39, 0.29) is 11.9 Å². The number of carbonyl (C=O) groups is 1. The summed E-state index contributed by atoms with van der Waals surface area (Å²) in [5.41, 5.74) is 2.79. The zero-order chi connectivity index (χ0) is 17.6. The Morgan fingerprint density at radius 2 is 2.24 bits per heavy atom. The fourth-order valence-corrected chi connectivity index (χ4v) is 3.14. The number of hydrogen-bond acceptors (Lipinski definition) is 5. The Morgan fingerprint density at radius 3 is 2.96 bits per heavy atom. The molecule has 3 rings (SSSR count). The van der Waals surface area contributed by atoms with Gasteiger partial charge in [-0.05, 0) is 44.0 Å². The summed E-state index contributed by atoms with van der Waals surface area (Å²) in [6.45, 7) is 3.21. The molecule has 1 saturated heterocycles. The van der Waals surface area contributed by atoms with Crippen LogP contribution in [-0.4, -0.2) is 41.0 Å². The number of aryl methyl sites for hydroxylation is 1. The average Bonchev–Trinajstić information content (AvgIpc) is 3.10. The molecule has 6 nitrogen and oxygen atoms in total. The number of rotatable bonds is 6. The van der Waals surface area contributed by atoms with E-state index in [9.17, 15) is 4.79 Å². The minimum atomic E-state index is 0.0653. The van der Waals surface area contributed by atoms with Gasteiger partial charge in [-0.3, -0.25) is 9.78 Å². The number of hydrogen-bond donors (Lipinski definition) is 1. The monoisotopic (exact) mass is 340 g/mol.